The van der Waals surface area contributed by atoms with Gasteiger partial charge in [0.1, 0.15) is 30.6 Å². The van der Waals surface area contributed by atoms with Crippen LogP contribution in [-0.4, -0.2) is 72.3 Å². The predicted octanol–water partition coefficient (Wildman–Crippen LogP) is 2.80. The first-order chi connectivity index (χ1) is 26.4. The highest BCUT2D eigenvalue weighted by Crippen LogP contribution is 2.40. The maximum Gasteiger partial charge on any atom is 0.329 e. The first-order valence-electron chi connectivity index (χ1n) is 17.7. The number of imidazole rings is 1. The normalized spacial score (nSPS) is 19.9. The number of anilines is 2. The van der Waals surface area contributed by atoms with Gasteiger partial charge >= 0.3 is 15.9 Å². The second-order valence-electron chi connectivity index (χ2n) is 14.0. The van der Waals surface area contributed by atoms with E-state index in [-0.39, 0.29) is 60.6 Å². The lowest BCUT2D eigenvalue weighted by molar-refractivity contribution is -0.135. The van der Waals surface area contributed by atoms with E-state index in [1.807, 2.05) is 33.9 Å². The molecule has 3 aliphatic heterocycles. The Morgan fingerprint density at radius 1 is 0.964 bits per heavy atom. The lowest BCUT2D eigenvalue weighted by atomic mass is 9.98. The van der Waals surface area contributed by atoms with Gasteiger partial charge in [0.15, 0.2) is 5.82 Å². The summed E-state index contributed by atoms with van der Waals surface area (Å²) in [5.74, 6) is -2.83. The van der Waals surface area contributed by atoms with Crippen LogP contribution >= 0.6 is 0 Å². The first-order valence-corrected chi connectivity index (χ1v) is 19.1. The standard InChI is InChI=1S/C38H36FN7O8S/c1-43-30-16-23(7-10-28(30)46(38(43)51)29-11-12-32(47)41-37(29)50)24-13-14-44(18-24)19-33(48)40-26-8-9-27-25(15-26)17-31(54-21-22-5-3-2-4-6-22)36(35(27)39)45-20-34(49)42-55(45,52)53/h2-10,15-17,24,29H,11-14,18-21H2,1H3,(H,40,48)(H,42,49)(H,41,47,50)/t24-,29?/m1/s1. The Morgan fingerprint density at radius 3 is 2.51 bits per heavy atom. The van der Waals surface area contributed by atoms with Crippen LogP contribution in [-0.2, 0) is 43.0 Å². The molecule has 15 nitrogen and oxygen atoms in total. The zero-order valence-electron chi connectivity index (χ0n) is 29.6. The highest BCUT2D eigenvalue weighted by Gasteiger charge is 2.38. The maximum absolute atomic E-state index is 16.2. The monoisotopic (exact) mass is 769 g/mol. The van der Waals surface area contributed by atoms with Gasteiger partial charge in [-0.3, -0.25) is 38.5 Å². The fourth-order valence-corrected chi connectivity index (χ4v) is 8.80. The van der Waals surface area contributed by atoms with Crippen molar-refractivity contribution in [1.82, 2.24) is 24.1 Å². The molecule has 3 N–H and O–H groups in total. The minimum absolute atomic E-state index is 0.00237. The van der Waals surface area contributed by atoms with E-state index < -0.39 is 46.1 Å². The molecule has 8 rings (SSSR count). The number of nitrogens with one attached hydrogen (secondary N) is 3. The van der Waals surface area contributed by atoms with Crippen molar-refractivity contribution in [2.75, 3.05) is 35.8 Å². The average Bonchev–Trinajstić information content (AvgIpc) is 3.80. The van der Waals surface area contributed by atoms with Gasteiger partial charge in [0.05, 0.1) is 17.6 Å². The lowest BCUT2D eigenvalue weighted by Crippen LogP contribution is -2.44. The molecule has 2 atom stereocenters. The Bertz CT molecular complexity index is 2590. The molecule has 4 aromatic carbocycles. The molecule has 3 fully saturated rings. The van der Waals surface area contributed by atoms with Crippen LogP contribution in [0.2, 0.25) is 0 Å². The number of halogens is 1. The van der Waals surface area contributed by atoms with Crippen molar-refractivity contribution < 1.29 is 36.7 Å². The number of piperidine rings is 1. The number of aromatic nitrogens is 2. The van der Waals surface area contributed by atoms with Crippen LogP contribution in [0.25, 0.3) is 21.8 Å². The van der Waals surface area contributed by atoms with Crippen LogP contribution in [0.5, 0.6) is 5.75 Å². The molecule has 284 valence electrons. The number of fused-ring (bicyclic) bond motifs is 2. The van der Waals surface area contributed by atoms with Crippen LogP contribution in [0.1, 0.15) is 42.3 Å². The van der Waals surface area contributed by atoms with Crippen molar-refractivity contribution >= 4 is 67.0 Å². The van der Waals surface area contributed by atoms with Gasteiger partial charge in [-0.25, -0.2) is 18.2 Å². The van der Waals surface area contributed by atoms with Gasteiger partial charge in [0.25, 0.3) is 5.91 Å². The Kier molecular flexibility index (Phi) is 9.13. The number of rotatable bonds is 9. The van der Waals surface area contributed by atoms with E-state index in [1.54, 1.807) is 37.4 Å². The summed E-state index contributed by atoms with van der Waals surface area (Å²) in [7, 11) is -2.70. The molecule has 1 aromatic heterocycles. The zero-order valence-corrected chi connectivity index (χ0v) is 30.4. The van der Waals surface area contributed by atoms with Gasteiger partial charge in [-0.05, 0) is 78.2 Å². The van der Waals surface area contributed by atoms with Gasteiger partial charge in [-0.1, -0.05) is 36.4 Å². The molecule has 4 amide bonds. The third-order valence-corrected chi connectivity index (χ3v) is 11.7. The molecule has 3 aliphatic rings. The molecule has 0 saturated carbocycles. The van der Waals surface area contributed by atoms with Gasteiger partial charge < -0.3 is 10.1 Å². The van der Waals surface area contributed by atoms with Gasteiger partial charge in [0, 0.05) is 31.1 Å². The fraction of sp³-hybridized carbons (Fsp3) is 0.289. The highest BCUT2D eigenvalue weighted by atomic mass is 32.2. The molecule has 1 unspecified atom stereocenters. The van der Waals surface area contributed by atoms with E-state index in [9.17, 15) is 32.4 Å². The van der Waals surface area contributed by atoms with Crippen LogP contribution in [0.3, 0.4) is 0 Å². The number of carbonyl (C=O) groups is 4. The van der Waals surface area contributed by atoms with E-state index in [2.05, 4.69) is 10.6 Å². The van der Waals surface area contributed by atoms with Crippen molar-refractivity contribution in [1.29, 1.82) is 0 Å². The highest BCUT2D eigenvalue weighted by molar-refractivity contribution is 7.92. The maximum atomic E-state index is 16.2. The molecule has 0 aliphatic carbocycles. The van der Waals surface area contributed by atoms with Gasteiger partial charge in [-0.15, -0.1) is 0 Å². The number of hydrogen-bond donors (Lipinski definition) is 3. The number of ether oxygens (including phenoxy) is 1. The number of hydrogen-bond acceptors (Lipinski definition) is 9. The molecule has 4 heterocycles. The molecule has 0 radical (unpaired) electrons. The third-order valence-electron chi connectivity index (χ3n) is 10.4. The summed E-state index contributed by atoms with van der Waals surface area (Å²) in [6.45, 7) is 0.725. The van der Waals surface area contributed by atoms with E-state index in [0.717, 1.165) is 17.5 Å². The summed E-state index contributed by atoms with van der Waals surface area (Å²) >= 11 is 0. The Balaban J connectivity index is 0.978. The van der Waals surface area contributed by atoms with Crippen LogP contribution in [0.4, 0.5) is 15.8 Å². The largest absolute Gasteiger partial charge is 0.487 e. The number of carbonyl (C=O) groups excluding carboxylic acids is 4. The fourth-order valence-electron chi connectivity index (χ4n) is 7.64. The molecular formula is C38H36FN7O8S. The van der Waals surface area contributed by atoms with Crippen molar-refractivity contribution in [2.24, 2.45) is 7.05 Å². The summed E-state index contributed by atoms with van der Waals surface area (Å²) in [4.78, 5) is 64.8. The first kappa shape index (κ1) is 35.9. The van der Waals surface area contributed by atoms with Crippen molar-refractivity contribution in [3.63, 3.8) is 0 Å². The molecule has 3 saturated heterocycles. The van der Waals surface area contributed by atoms with E-state index >= 15 is 4.39 Å². The Hall–Kier alpha value is -6.07. The zero-order chi connectivity index (χ0) is 38.6. The second kappa shape index (κ2) is 14.0. The Morgan fingerprint density at radius 2 is 1.76 bits per heavy atom. The number of amides is 4. The summed E-state index contributed by atoms with van der Waals surface area (Å²) < 4.78 is 53.1. The van der Waals surface area contributed by atoms with E-state index in [4.69, 9.17) is 4.74 Å². The SMILES string of the molecule is Cn1c(=O)n(C2CCC(=O)NC2=O)c2ccc([C@@H]3CCN(CC(=O)Nc4ccc5c(F)c(N6CC(=O)NS6(=O)=O)c(OCc6ccccc6)cc5c4)C3)cc21. The third kappa shape index (κ3) is 6.80. The van der Waals surface area contributed by atoms with Crippen molar-refractivity contribution in [3.8, 4) is 5.75 Å². The van der Waals surface area contributed by atoms with Crippen LogP contribution < -0.4 is 30.1 Å². The average molecular weight is 770 g/mol. The quantitative estimate of drug-likeness (QED) is 0.190. The van der Waals surface area contributed by atoms with Gasteiger partial charge in [0.2, 0.25) is 17.7 Å². The number of aryl methyl sites for hydroxylation is 1. The Labute approximate surface area is 313 Å². The summed E-state index contributed by atoms with van der Waals surface area (Å²) in [6.07, 6.45) is 1.18. The van der Waals surface area contributed by atoms with E-state index in [0.29, 0.717) is 39.5 Å². The van der Waals surface area contributed by atoms with Crippen LogP contribution in [0.15, 0.2) is 77.6 Å². The van der Waals surface area contributed by atoms with Crippen LogP contribution in [0, 0.1) is 5.82 Å². The molecule has 5 aromatic rings. The van der Waals surface area contributed by atoms with Gasteiger partial charge in [-0.2, -0.15) is 8.42 Å². The van der Waals surface area contributed by atoms with Crippen molar-refractivity contribution in [2.45, 2.75) is 37.8 Å². The van der Waals surface area contributed by atoms with E-state index in [1.165, 1.54) is 27.3 Å². The molecule has 55 heavy (non-hydrogen) atoms. The predicted molar refractivity (Wildman–Crippen MR) is 200 cm³/mol. The molecule has 17 heteroatoms. The minimum atomic E-state index is -4.35. The number of benzene rings is 4. The molecule has 0 spiro atoms. The summed E-state index contributed by atoms with van der Waals surface area (Å²) in [5, 5.41) is 5.61. The minimum Gasteiger partial charge on any atom is -0.487 e. The second-order valence-corrected chi connectivity index (χ2v) is 15.6. The number of nitrogens with zero attached hydrogens (tertiary/aromatic N) is 4. The molecule has 0 bridgehead atoms. The number of likely N-dealkylation sites (tertiary alicyclic amines) is 1. The summed E-state index contributed by atoms with van der Waals surface area (Å²) in [5.41, 5.74) is 2.69. The smallest absolute Gasteiger partial charge is 0.329 e. The lowest BCUT2D eigenvalue weighted by Gasteiger charge is -2.22. The van der Waals surface area contributed by atoms with Crippen molar-refractivity contribution in [3.05, 3.63) is 100 Å². The summed E-state index contributed by atoms with van der Waals surface area (Å²) in [6, 6.07) is 20.0. The molecular weight excluding hydrogens is 734 g/mol. The number of imide groups is 1. The topological polar surface area (TPSA) is 181 Å².